The third-order valence-electron chi connectivity index (χ3n) is 2.17. The van der Waals surface area contributed by atoms with Gasteiger partial charge in [-0.05, 0) is 22.0 Å². The predicted octanol–water partition coefficient (Wildman–Crippen LogP) is 0.926. The predicted molar refractivity (Wildman–Crippen MR) is 72.6 cm³/mol. The number of carbonyl (C=O) groups is 1. The maximum Gasteiger partial charge on any atom is 0.325 e. The fourth-order valence-corrected chi connectivity index (χ4v) is 2.93. The molecular formula is C10H9BrN4O4S. The van der Waals surface area contributed by atoms with Crippen LogP contribution in [-0.2, 0) is 21.4 Å². The van der Waals surface area contributed by atoms with E-state index in [9.17, 15) is 13.2 Å². The van der Waals surface area contributed by atoms with Crippen molar-refractivity contribution in [2.75, 3.05) is 4.72 Å². The second-order valence-electron chi connectivity index (χ2n) is 3.76. The van der Waals surface area contributed by atoms with E-state index in [0.29, 0.717) is 4.47 Å². The Morgan fingerprint density at radius 1 is 1.40 bits per heavy atom. The Morgan fingerprint density at radius 3 is 2.80 bits per heavy atom. The molecule has 0 saturated carbocycles. The van der Waals surface area contributed by atoms with E-state index >= 15 is 0 Å². The van der Waals surface area contributed by atoms with Crippen LogP contribution in [0, 0.1) is 0 Å². The summed E-state index contributed by atoms with van der Waals surface area (Å²) in [5, 5.41) is 12.3. The average Bonchev–Trinajstić information content (AvgIpc) is 2.74. The summed E-state index contributed by atoms with van der Waals surface area (Å²) in [5.41, 5.74) is 0.172. The molecule has 2 rings (SSSR count). The topological polar surface area (TPSA) is 114 Å². The molecule has 0 aliphatic rings. The second kappa shape index (κ2) is 5.59. The lowest BCUT2D eigenvalue weighted by Gasteiger charge is -2.05. The van der Waals surface area contributed by atoms with Gasteiger partial charge in [0.1, 0.15) is 11.4 Å². The molecule has 10 heteroatoms. The standard InChI is InChI=1S/C10H9BrN4O4S/c11-7-1-9(4-12-2-7)20(18,19)14-8-3-13-15(5-8)6-10(16)17/h1-5,14H,6H2,(H,16,17). The van der Waals surface area contributed by atoms with Crippen LogP contribution in [0.3, 0.4) is 0 Å². The number of sulfonamides is 1. The number of aromatic nitrogens is 3. The molecule has 8 nitrogen and oxygen atoms in total. The van der Waals surface area contributed by atoms with Crippen LogP contribution >= 0.6 is 15.9 Å². The molecular weight excluding hydrogens is 352 g/mol. The lowest BCUT2D eigenvalue weighted by Crippen LogP contribution is -2.13. The number of carboxylic acid groups (broad SMARTS) is 1. The number of anilines is 1. The number of nitrogens with one attached hydrogen (secondary N) is 1. The van der Waals surface area contributed by atoms with Crippen LogP contribution < -0.4 is 4.72 Å². The molecule has 0 radical (unpaired) electrons. The normalized spacial score (nSPS) is 11.2. The quantitative estimate of drug-likeness (QED) is 0.819. The summed E-state index contributed by atoms with van der Waals surface area (Å²) < 4.78 is 28.1. The van der Waals surface area contributed by atoms with Gasteiger partial charge in [-0.2, -0.15) is 5.10 Å². The maximum absolute atomic E-state index is 12.1. The van der Waals surface area contributed by atoms with Gasteiger partial charge < -0.3 is 5.11 Å². The molecule has 0 saturated heterocycles. The Labute approximate surface area is 122 Å². The van der Waals surface area contributed by atoms with E-state index in [-0.39, 0.29) is 17.1 Å². The lowest BCUT2D eigenvalue weighted by molar-refractivity contribution is -0.137. The molecule has 2 aromatic heterocycles. The van der Waals surface area contributed by atoms with Gasteiger partial charge in [0.05, 0.1) is 11.9 Å². The number of hydrogen-bond donors (Lipinski definition) is 2. The van der Waals surface area contributed by atoms with Crippen molar-refractivity contribution < 1.29 is 18.3 Å². The number of carboxylic acids is 1. The summed E-state index contributed by atoms with van der Waals surface area (Å²) in [6, 6.07) is 1.40. The van der Waals surface area contributed by atoms with Gasteiger partial charge in [-0.15, -0.1) is 0 Å². The van der Waals surface area contributed by atoms with Gasteiger partial charge in [0.15, 0.2) is 0 Å². The first-order valence-corrected chi connectivity index (χ1v) is 7.52. The number of nitrogens with zero attached hydrogens (tertiary/aromatic N) is 3. The molecule has 0 spiro atoms. The summed E-state index contributed by atoms with van der Waals surface area (Å²) in [6.07, 6.45) is 5.18. The van der Waals surface area contributed by atoms with Gasteiger partial charge >= 0.3 is 5.97 Å². The van der Waals surface area contributed by atoms with Gasteiger partial charge in [-0.1, -0.05) is 0 Å². The van der Waals surface area contributed by atoms with Crippen molar-refractivity contribution in [3.05, 3.63) is 35.3 Å². The average molecular weight is 361 g/mol. The van der Waals surface area contributed by atoms with Gasteiger partial charge in [0.25, 0.3) is 10.0 Å². The van der Waals surface area contributed by atoms with Crippen LogP contribution in [-0.4, -0.2) is 34.3 Å². The number of rotatable bonds is 5. The van der Waals surface area contributed by atoms with Crippen LogP contribution in [0.4, 0.5) is 5.69 Å². The second-order valence-corrected chi connectivity index (χ2v) is 6.36. The fourth-order valence-electron chi connectivity index (χ4n) is 1.39. The molecule has 0 bridgehead atoms. The highest BCUT2D eigenvalue weighted by Crippen LogP contribution is 2.17. The minimum absolute atomic E-state index is 0.0159. The Balaban J connectivity index is 2.20. The Morgan fingerprint density at radius 2 is 2.15 bits per heavy atom. The van der Waals surface area contributed by atoms with E-state index < -0.39 is 16.0 Å². The van der Waals surface area contributed by atoms with Crippen LogP contribution in [0.5, 0.6) is 0 Å². The van der Waals surface area contributed by atoms with E-state index in [1.807, 2.05) is 0 Å². The third kappa shape index (κ3) is 3.54. The monoisotopic (exact) mass is 360 g/mol. The van der Waals surface area contributed by atoms with Gasteiger partial charge in [0.2, 0.25) is 0 Å². The minimum Gasteiger partial charge on any atom is -0.480 e. The van der Waals surface area contributed by atoms with Crippen LogP contribution in [0.2, 0.25) is 0 Å². The van der Waals surface area contributed by atoms with Gasteiger partial charge in [-0.25, -0.2) is 8.42 Å². The first kappa shape index (κ1) is 14.5. The van der Waals surface area contributed by atoms with Crippen molar-refractivity contribution in [2.24, 2.45) is 0 Å². The number of halogens is 1. The lowest BCUT2D eigenvalue weighted by atomic mass is 10.5. The molecule has 0 aliphatic heterocycles. The van der Waals surface area contributed by atoms with Crippen LogP contribution in [0.15, 0.2) is 40.2 Å². The van der Waals surface area contributed by atoms with E-state index in [0.717, 1.165) is 4.68 Å². The fraction of sp³-hybridized carbons (Fsp3) is 0.100. The van der Waals surface area contributed by atoms with Gasteiger partial charge in [0, 0.05) is 23.1 Å². The van der Waals surface area contributed by atoms with Crippen LogP contribution in [0.25, 0.3) is 0 Å². The number of aliphatic carboxylic acids is 1. The molecule has 2 N–H and O–H groups in total. The molecule has 0 fully saturated rings. The smallest absolute Gasteiger partial charge is 0.325 e. The molecule has 0 aromatic carbocycles. The molecule has 106 valence electrons. The minimum atomic E-state index is -3.79. The van der Waals surface area contributed by atoms with Crippen molar-refractivity contribution in [3.8, 4) is 0 Å². The molecule has 2 heterocycles. The highest BCUT2D eigenvalue weighted by Gasteiger charge is 2.16. The van der Waals surface area contributed by atoms with Crippen molar-refractivity contribution >= 4 is 37.6 Å². The summed E-state index contributed by atoms with van der Waals surface area (Å²) in [6.45, 7) is -0.347. The summed E-state index contributed by atoms with van der Waals surface area (Å²) in [5.74, 6) is -1.07. The van der Waals surface area contributed by atoms with E-state index in [1.165, 1.54) is 30.9 Å². The van der Waals surface area contributed by atoms with Gasteiger partial charge in [-0.3, -0.25) is 19.2 Å². The van der Waals surface area contributed by atoms with E-state index in [1.54, 1.807) is 0 Å². The highest BCUT2D eigenvalue weighted by atomic mass is 79.9. The van der Waals surface area contributed by atoms with Crippen LogP contribution in [0.1, 0.15) is 0 Å². The maximum atomic E-state index is 12.1. The number of hydrogen-bond acceptors (Lipinski definition) is 5. The van der Waals surface area contributed by atoms with E-state index in [4.69, 9.17) is 5.11 Å². The summed E-state index contributed by atoms with van der Waals surface area (Å²) >= 11 is 3.13. The zero-order valence-corrected chi connectivity index (χ0v) is 12.3. The van der Waals surface area contributed by atoms with E-state index in [2.05, 4.69) is 30.7 Å². The highest BCUT2D eigenvalue weighted by molar-refractivity contribution is 9.10. The van der Waals surface area contributed by atoms with Crippen molar-refractivity contribution in [2.45, 2.75) is 11.4 Å². The molecule has 0 aliphatic carbocycles. The molecule has 0 unspecified atom stereocenters. The Bertz CT molecular complexity index is 743. The summed E-state index contributed by atoms with van der Waals surface area (Å²) in [4.78, 5) is 14.3. The molecule has 2 aromatic rings. The number of pyridine rings is 1. The first-order valence-electron chi connectivity index (χ1n) is 5.24. The zero-order valence-electron chi connectivity index (χ0n) is 9.89. The van der Waals surface area contributed by atoms with Crippen molar-refractivity contribution in [1.29, 1.82) is 0 Å². The Kier molecular flexibility index (Phi) is 4.04. The first-order chi connectivity index (χ1) is 9.37. The Hall–Kier alpha value is -1.94. The summed E-state index contributed by atoms with van der Waals surface area (Å²) in [7, 11) is -3.79. The molecule has 0 atom stereocenters. The largest absolute Gasteiger partial charge is 0.480 e. The molecule has 20 heavy (non-hydrogen) atoms. The van der Waals surface area contributed by atoms with Crippen molar-refractivity contribution in [3.63, 3.8) is 0 Å². The zero-order chi connectivity index (χ0) is 14.8. The molecule has 0 amide bonds. The third-order valence-corrected chi connectivity index (χ3v) is 3.95. The van der Waals surface area contributed by atoms with Crippen molar-refractivity contribution in [1.82, 2.24) is 14.8 Å². The SMILES string of the molecule is O=C(O)Cn1cc(NS(=O)(=O)c2cncc(Br)c2)cn1.